The molecule has 0 aromatic heterocycles. The highest BCUT2D eigenvalue weighted by Crippen LogP contribution is 2.70. The van der Waals surface area contributed by atoms with Gasteiger partial charge < -0.3 is 9.47 Å². The number of Topliss-reactive ketones (excluding diaryl/α,β-unsaturated/α-hetero) is 2. The molecule has 9 unspecified atom stereocenters. The van der Waals surface area contributed by atoms with E-state index >= 15 is 0 Å². The summed E-state index contributed by atoms with van der Waals surface area (Å²) in [4.78, 5) is 24.4. The van der Waals surface area contributed by atoms with Gasteiger partial charge in [-0.2, -0.15) is 0 Å². The third-order valence-electron chi connectivity index (χ3n) is 8.82. The molecule has 0 aromatic rings. The largest absolute Gasteiger partial charge is 0.348 e. The van der Waals surface area contributed by atoms with Crippen LogP contribution in [-0.4, -0.2) is 30.6 Å². The lowest BCUT2D eigenvalue weighted by Gasteiger charge is -2.55. The summed E-state index contributed by atoms with van der Waals surface area (Å²) in [5.41, 5.74) is -0.00150. The fourth-order valence-corrected chi connectivity index (χ4v) is 8.18. The summed E-state index contributed by atoms with van der Waals surface area (Å²) < 4.78 is 12.4. The number of ether oxygens (including phenoxy) is 2. The van der Waals surface area contributed by atoms with Gasteiger partial charge in [0.15, 0.2) is 12.1 Å². The van der Waals surface area contributed by atoms with Crippen LogP contribution in [0.25, 0.3) is 0 Å². The molecule has 2 heterocycles. The standard InChI is InChI=1S/C20H26O4/c21-11-2-4-12-10(7-11)1-3-13-14-5-6-15-16(22)9-23-19-20(14,15)8-17(24-19)18(12)13/h10,12-15,17-19H,1-9H2. The summed E-state index contributed by atoms with van der Waals surface area (Å²) in [5.74, 6) is 4.16. The average Bonchev–Trinajstić information content (AvgIpc) is 3.13. The van der Waals surface area contributed by atoms with E-state index in [1.165, 1.54) is 19.3 Å². The third kappa shape index (κ3) is 1.58. The molecular formula is C20H26O4. The molecule has 4 saturated carbocycles. The van der Waals surface area contributed by atoms with E-state index in [0.29, 0.717) is 41.2 Å². The molecule has 130 valence electrons. The van der Waals surface area contributed by atoms with Crippen LogP contribution >= 0.6 is 0 Å². The van der Waals surface area contributed by atoms with Crippen LogP contribution < -0.4 is 0 Å². The van der Waals surface area contributed by atoms with Crippen molar-refractivity contribution in [1.82, 2.24) is 0 Å². The fourth-order valence-electron chi connectivity index (χ4n) is 8.18. The Morgan fingerprint density at radius 3 is 2.83 bits per heavy atom. The van der Waals surface area contributed by atoms with Crippen molar-refractivity contribution in [3.8, 4) is 0 Å². The Bertz CT molecular complexity index is 615. The molecule has 4 heteroatoms. The van der Waals surface area contributed by atoms with E-state index in [4.69, 9.17) is 9.47 Å². The molecular weight excluding hydrogens is 304 g/mol. The summed E-state index contributed by atoms with van der Waals surface area (Å²) in [6, 6.07) is 0. The van der Waals surface area contributed by atoms with Crippen LogP contribution in [0.5, 0.6) is 0 Å². The van der Waals surface area contributed by atoms with Crippen molar-refractivity contribution < 1.29 is 19.1 Å². The van der Waals surface area contributed by atoms with E-state index in [-0.39, 0.29) is 30.3 Å². The molecule has 6 aliphatic rings. The first kappa shape index (κ1) is 14.4. The first-order valence-electron chi connectivity index (χ1n) is 10.00. The SMILES string of the molecule is O=C1CCC2C(CCC3C2C2CC45C(OCC(=O)C4CCC35)O2)C1. The van der Waals surface area contributed by atoms with E-state index < -0.39 is 0 Å². The van der Waals surface area contributed by atoms with Crippen molar-refractivity contribution in [2.45, 2.75) is 63.8 Å². The van der Waals surface area contributed by atoms with Crippen molar-refractivity contribution in [3.05, 3.63) is 0 Å². The van der Waals surface area contributed by atoms with Crippen LogP contribution in [0.3, 0.4) is 0 Å². The van der Waals surface area contributed by atoms with Crippen molar-refractivity contribution in [2.24, 2.45) is 40.9 Å². The van der Waals surface area contributed by atoms with Gasteiger partial charge in [-0.3, -0.25) is 9.59 Å². The maximum absolute atomic E-state index is 12.5. The zero-order valence-corrected chi connectivity index (χ0v) is 14.1. The monoisotopic (exact) mass is 330 g/mol. The van der Waals surface area contributed by atoms with Crippen LogP contribution in [0.2, 0.25) is 0 Å². The fraction of sp³-hybridized carbons (Fsp3) is 0.900. The van der Waals surface area contributed by atoms with Gasteiger partial charge in [-0.25, -0.2) is 0 Å². The molecule has 4 aliphatic carbocycles. The molecule has 9 atom stereocenters. The quantitative estimate of drug-likeness (QED) is 0.685. The van der Waals surface area contributed by atoms with Gasteiger partial charge in [-0.15, -0.1) is 0 Å². The number of hydrogen-bond acceptors (Lipinski definition) is 4. The Morgan fingerprint density at radius 1 is 1.00 bits per heavy atom. The zero-order valence-electron chi connectivity index (χ0n) is 14.1. The number of carbonyl (C=O) groups is 2. The van der Waals surface area contributed by atoms with Crippen molar-refractivity contribution in [3.63, 3.8) is 0 Å². The minimum Gasteiger partial charge on any atom is -0.348 e. The number of rotatable bonds is 0. The van der Waals surface area contributed by atoms with Gasteiger partial charge in [0.05, 0.1) is 6.10 Å². The Balaban J connectivity index is 1.40. The first-order valence-corrected chi connectivity index (χ1v) is 10.00. The highest BCUT2D eigenvalue weighted by atomic mass is 16.7. The molecule has 6 fully saturated rings. The molecule has 0 aromatic carbocycles. The molecule has 6 rings (SSSR count). The van der Waals surface area contributed by atoms with Gasteiger partial charge in [-0.1, -0.05) is 0 Å². The first-order chi connectivity index (χ1) is 11.7. The van der Waals surface area contributed by atoms with Gasteiger partial charge in [0.25, 0.3) is 0 Å². The predicted molar refractivity (Wildman–Crippen MR) is 84.9 cm³/mol. The predicted octanol–water partition coefficient (Wildman–Crippen LogP) is 2.74. The Hall–Kier alpha value is -0.740. The van der Waals surface area contributed by atoms with Gasteiger partial charge in [0.1, 0.15) is 12.4 Å². The van der Waals surface area contributed by atoms with Crippen LogP contribution in [0.1, 0.15) is 51.4 Å². The summed E-state index contributed by atoms with van der Waals surface area (Å²) in [6.07, 6.45) is 8.50. The van der Waals surface area contributed by atoms with Gasteiger partial charge >= 0.3 is 0 Å². The highest BCUT2D eigenvalue weighted by molar-refractivity contribution is 5.84. The van der Waals surface area contributed by atoms with E-state index in [9.17, 15) is 9.59 Å². The van der Waals surface area contributed by atoms with E-state index in [2.05, 4.69) is 0 Å². The minimum absolute atomic E-state index is 0.00150. The lowest BCUT2D eigenvalue weighted by Crippen LogP contribution is -2.56. The van der Waals surface area contributed by atoms with Crippen molar-refractivity contribution in [1.29, 1.82) is 0 Å². The smallest absolute Gasteiger partial charge is 0.165 e. The average molecular weight is 330 g/mol. The van der Waals surface area contributed by atoms with Gasteiger partial charge in [-0.05, 0) is 68.1 Å². The minimum atomic E-state index is -0.132. The Labute approximate surface area is 142 Å². The van der Waals surface area contributed by atoms with Crippen molar-refractivity contribution >= 4 is 11.6 Å². The number of ketones is 2. The summed E-state index contributed by atoms with van der Waals surface area (Å²) in [5, 5.41) is 0. The van der Waals surface area contributed by atoms with E-state index in [1.807, 2.05) is 0 Å². The summed E-state index contributed by atoms with van der Waals surface area (Å²) >= 11 is 0. The molecule has 0 radical (unpaired) electrons. The summed E-state index contributed by atoms with van der Waals surface area (Å²) in [6.45, 7) is 0.256. The second-order valence-electron chi connectivity index (χ2n) is 9.36. The van der Waals surface area contributed by atoms with Crippen LogP contribution in [0.4, 0.5) is 0 Å². The maximum Gasteiger partial charge on any atom is 0.165 e. The summed E-state index contributed by atoms with van der Waals surface area (Å²) in [7, 11) is 0. The van der Waals surface area contributed by atoms with Crippen molar-refractivity contribution in [2.75, 3.05) is 6.61 Å². The Kier molecular flexibility index (Phi) is 2.83. The molecule has 2 bridgehead atoms. The van der Waals surface area contributed by atoms with Crippen LogP contribution in [0.15, 0.2) is 0 Å². The van der Waals surface area contributed by atoms with Gasteiger partial charge in [0.2, 0.25) is 0 Å². The molecule has 2 aliphatic heterocycles. The Morgan fingerprint density at radius 2 is 1.92 bits per heavy atom. The second-order valence-corrected chi connectivity index (χ2v) is 9.36. The van der Waals surface area contributed by atoms with Crippen LogP contribution in [0, 0.1) is 40.9 Å². The second kappa shape index (κ2) is 4.70. The number of fused-ring (bicyclic) bond motifs is 6. The number of hydrogen-bond donors (Lipinski definition) is 0. The molecule has 0 N–H and O–H groups in total. The maximum atomic E-state index is 12.5. The van der Waals surface area contributed by atoms with Gasteiger partial charge in [0, 0.05) is 24.2 Å². The topological polar surface area (TPSA) is 52.6 Å². The lowest BCUT2D eigenvalue weighted by molar-refractivity contribution is -0.210. The normalized spacial score (nSPS) is 58.2. The molecule has 1 spiro atoms. The lowest BCUT2D eigenvalue weighted by atomic mass is 9.49. The molecule has 4 nitrogen and oxygen atoms in total. The van der Waals surface area contributed by atoms with E-state index in [1.54, 1.807) is 0 Å². The van der Waals surface area contributed by atoms with Crippen LogP contribution in [-0.2, 0) is 19.1 Å². The molecule has 2 saturated heterocycles. The molecule has 24 heavy (non-hydrogen) atoms. The highest BCUT2D eigenvalue weighted by Gasteiger charge is 2.72. The molecule has 0 amide bonds. The number of carbonyl (C=O) groups excluding carboxylic acids is 2. The third-order valence-corrected chi connectivity index (χ3v) is 8.82. The zero-order chi connectivity index (χ0) is 16.1. The van der Waals surface area contributed by atoms with E-state index in [0.717, 1.165) is 32.1 Å².